The van der Waals surface area contributed by atoms with Crippen molar-refractivity contribution in [1.29, 1.82) is 0 Å². The van der Waals surface area contributed by atoms with Crippen molar-refractivity contribution in [2.45, 2.75) is 25.4 Å². The third-order valence-electron chi connectivity index (χ3n) is 4.59. The number of hydrogen-bond donors (Lipinski definition) is 2. The summed E-state index contributed by atoms with van der Waals surface area (Å²) in [6, 6.07) is 14.2. The van der Waals surface area contributed by atoms with E-state index in [2.05, 4.69) is 32.9 Å². The molecule has 9 heteroatoms. The first-order valence-corrected chi connectivity index (χ1v) is 11.8. The van der Waals surface area contributed by atoms with Crippen molar-refractivity contribution in [3.63, 3.8) is 0 Å². The number of rotatable bonds is 8. The minimum atomic E-state index is -3.23. The van der Waals surface area contributed by atoms with E-state index in [1.54, 1.807) is 13.2 Å². The summed E-state index contributed by atoms with van der Waals surface area (Å²) in [4.78, 5) is 4.17. The number of nitrogens with one attached hydrogen (secondary N) is 2. The van der Waals surface area contributed by atoms with Gasteiger partial charge < -0.3 is 10.6 Å². The van der Waals surface area contributed by atoms with E-state index in [-0.39, 0.29) is 12.3 Å². The average molecular weight is 444 g/mol. The largest absolute Gasteiger partial charge is 0.352 e. The second kappa shape index (κ2) is 10.2. The molecule has 0 fully saturated rings. The van der Waals surface area contributed by atoms with Crippen molar-refractivity contribution in [3.05, 3.63) is 89.0 Å². The highest BCUT2D eigenvalue weighted by Gasteiger charge is 2.11. The first kappa shape index (κ1) is 22.5. The van der Waals surface area contributed by atoms with Gasteiger partial charge in [-0.2, -0.15) is 5.10 Å². The molecule has 2 aromatic carbocycles. The normalized spacial score (nSPS) is 12.0. The molecule has 0 amide bonds. The van der Waals surface area contributed by atoms with E-state index in [0.29, 0.717) is 30.2 Å². The van der Waals surface area contributed by atoms with Crippen molar-refractivity contribution in [2.75, 3.05) is 13.3 Å². The monoisotopic (exact) mass is 443 g/mol. The molecule has 0 aliphatic carbocycles. The van der Waals surface area contributed by atoms with Gasteiger partial charge in [0.05, 0.1) is 18.5 Å². The van der Waals surface area contributed by atoms with E-state index >= 15 is 0 Å². The Bertz CT molecular complexity index is 1140. The second-order valence-corrected chi connectivity index (χ2v) is 9.43. The van der Waals surface area contributed by atoms with Crippen LogP contribution in [0.5, 0.6) is 0 Å². The summed E-state index contributed by atoms with van der Waals surface area (Å²) in [7, 11) is -1.59. The Morgan fingerprint density at radius 1 is 1.06 bits per heavy atom. The highest BCUT2D eigenvalue weighted by atomic mass is 32.2. The minimum absolute atomic E-state index is 0.142. The van der Waals surface area contributed by atoms with Gasteiger partial charge in [-0.1, -0.05) is 36.4 Å². The van der Waals surface area contributed by atoms with Crippen LogP contribution < -0.4 is 10.6 Å². The maximum Gasteiger partial charge on any atom is 0.191 e. The summed E-state index contributed by atoms with van der Waals surface area (Å²) in [6.45, 7) is 1.44. The molecule has 0 aliphatic rings. The van der Waals surface area contributed by atoms with E-state index in [1.165, 1.54) is 23.8 Å². The van der Waals surface area contributed by atoms with Gasteiger partial charge in [-0.25, -0.2) is 12.8 Å². The summed E-state index contributed by atoms with van der Waals surface area (Å²) in [5.74, 6) is -0.0371. The van der Waals surface area contributed by atoms with Gasteiger partial charge in [-0.05, 0) is 28.8 Å². The maximum absolute atomic E-state index is 13.7. The van der Waals surface area contributed by atoms with Crippen molar-refractivity contribution in [1.82, 2.24) is 20.4 Å². The third kappa shape index (κ3) is 7.21. The van der Waals surface area contributed by atoms with Crippen LogP contribution in [0.2, 0.25) is 0 Å². The van der Waals surface area contributed by atoms with E-state index < -0.39 is 15.7 Å². The molecular weight excluding hydrogens is 417 g/mol. The molecule has 0 radical (unpaired) electrons. The number of hydrogen-bond acceptors (Lipinski definition) is 4. The van der Waals surface area contributed by atoms with Crippen molar-refractivity contribution >= 4 is 15.8 Å². The van der Waals surface area contributed by atoms with Crippen LogP contribution in [0.25, 0.3) is 0 Å². The summed E-state index contributed by atoms with van der Waals surface area (Å²) in [5.41, 5.74) is 3.29. The molecule has 7 nitrogen and oxygen atoms in total. The number of nitrogens with zero attached hydrogens (tertiary/aromatic N) is 3. The lowest BCUT2D eigenvalue weighted by molar-refractivity contribution is 0.599. The SMILES string of the molecule is CN=C(NCc1cnn(Cc2ccccc2)c1)NCc1cc(F)ccc1CS(C)(=O)=O. The van der Waals surface area contributed by atoms with Crippen LogP contribution in [-0.2, 0) is 35.2 Å². The van der Waals surface area contributed by atoms with Crippen LogP contribution in [-0.4, -0.2) is 37.5 Å². The van der Waals surface area contributed by atoms with Gasteiger partial charge in [0.15, 0.2) is 15.8 Å². The summed E-state index contributed by atoms with van der Waals surface area (Å²) in [5, 5.41) is 10.7. The first-order chi connectivity index (χ1) is 14.8. The molecule has 0 aliphatic heterocycles. The molecule has 2 N–H and O–H groups in total. The molecule has 0 unspecified atom stereocenters. The number of aromatic nitrogens is 2. The lowest BCUT2D eigenvalue weighted by atomic mass is 10.1. The Labute approximate surface area is 181 Å². The summed E-state index contributed by atoms with van der Waals surface area (Å²) >= 11 is 0. The fourth-order valence-electron chi connectivity index (χ4n) is 3.12. The van der Waals surface area contributed by atoms with Gasteiger partial charge in [-0.3, -0.25) is 9.67 Å². The highest BCUT2D eigenvalue weighted by molar-refractivity contribution is 7.89. The molecule has 0 saturated carbocycles. The van der Waals surface area contributed by atoms with Crippen LogP contribution in [0, 0.1) is 5.82 Å². The molecular formula is C22H26FN5O2S. The number of guanidine groups is 1. The number of sulfone groups is 1. The Hall–Kier alpha value is -3.20. The molecule has 0 spiro atoms. The lowest BCUT2D eigenvalue weighted by Gasteiger charge is -2.14. The highest BCUT2D eigenvalue weighted by Crippen LogP contribution is 2.14. The zero-order valence-electron chi connectivity index (χ0n) is 17.5. The fourth-order valence-corrected chi connectivity index (χ4v) is 3.97. The number of benzene rings is 2. The topological polar surface area (TPSA) is 88.4 Å². The minimum Gasteiger partial charge on any atom is -0.352 e. The predicted octanol–water partition coefficient (Wildman–Crippen LogP) is 2.48. The Kier molecular flexibility index (Phi) is 7.41. The first-order valence-electron chi connectivity index (χ1n) is 9.77. The molecule has 3 aromatic rings. The molecule has 3 rings (SSSR count). The van der Waals surface area contributed by atoms with Gasteiger partial charge in [0.25, 0.3) is 0 Å². The number of halogens is 1. The maximum atomic E-state index is 13.7. The average Bonchev–Trinajstić information content (AvgIpc) is 3.17. The number of aliphatic imine (C=N–C) groups is 1. The van der Waals surface area contributed by atoms with Gasteiger partial charge >= 0.3 is 0 Å². The van der Waals surface area contributed by atoms with Crippen LogP contribution in [0.3, 0.4) is 0 Å². The standard InChI is InChI=1S/C22H26FN5O2S/c1-24-22(26-13-20-10-21(23)9-8-19(20)16-31(2,29)30)25-11-18-12-27-28(15-18)14-17-6-4-3-5-7-17/h3-10,12,15H,11,13-14,16H2,1-2H3,(H2,24,25,26). The van der Waals surface area contributed by atoms with Crippen molar-refractivity contribution in [3.8, 4) is 0 Å². The van der Waals surface area contributed by atoms with Crippen LogP contribution in [0.15, 0.2) is 65.9 Å². The third-order valence-corrected chi connectivity index (χ3v) is 5.43. The molecule has 31 heavy (non-hydrogen) atoms. The summed E-state index contributed by atoms with van der Waals surface area (Å²) in [6.07, 6.45) is 4.91. The molecule has 1 heterocycles. The molecule has 0 atom stereocenters. The Morgan fingerprint density at radius 2 is 1.81 bits per heavy atom. The van der Waals surface area contributed by atoms with E-state index in [9.17, 15) is 12.8 Å². The van der Waals surface area contributed by atoms with Gasteiger partial charge in [0.2, 0.25) is 0 Å². The van der Waals surface area contributed by atoms with Gasteiger partial charge in [-0.15, -0.1) is 0 Å². The van der Waals surface area contributed by atoms with Crippen LogP contribution >= 0.6 is 0 Å². The summed E-state index contributed by atoms with van der Waals surface area (Å²) < 4.78 is 38.9. The predicted molar refractivity (Wildman–Crippen MR) is 120 cm³/mol. The van der Waals surface area contributed by atoms with Crippen LogP contribution in [0.1, 0.15) is 22.3 Å². The molecule has 1 aromatic heterocycles. The zero-order chi connectivity index (χ0) is 22.3. The quantitative estimate of drug-likeness (QED) is 0.413. The second-order valence-electron chi connectivity index (χ2n) is 7.29. The van der Waals surface area contributed by atoms with E-state index in [4.69, 9.17) is 0 Å². The lowest BCUT2D eigenvalue weighted by Crippen LogP contribution is -2.36. The van der Waals surface area contributed by atoms with Gasteiger partial charge in [0, 0.05) is 38.2 Å². The van der Waals surface area contributed by atoms with E-state index in [0.717, 1.165) is 11.8 Å². The van der Waals surface area contributed by atoms with Crippen LogP contribution in [0.4, 0.5) is 4.39 Å². The molecule has 0 bridgehead atoms. The molecule has 164 valence electrons. The van der Waals surface area contributed by atoms with Crippen molar-refractivity contribution in [2.24, 2.45) is 4.99 Å². The van der Waals surface area contributed by atoms with Gasteiger partial charge in [0.1, 0.15) is 5.82 Å². The van der Waals surface area contributed by atoms with Crippen molar-refractivity contribution < 1.29 is 12.8 Å². The smallest absolute Gasteiger partial charge is 0.191 e. The van der Waals surface area contributed by atoms with E-state index in [1.807, 2.05) is 29.1 Å². The molecule has 0 saturated heterocycles. The zero-order valence-corrected chi connectivity index (χ0v) is 18.4. The fraction of sp³-hybridized carbons (Fsp3) is 0.273. The Morgan fingerprint density at radius 3 is 2.52 bits per heavy atom. The Balaban J connectivity index is 1.57.